The number of nitrogens with zero attached hydrogens (tertiary/aromatic N) is 3. The van der Waals surface area contributed by atoms with Crippen molar-refractivity contribution in [3.63, 3.8) is 0 Å². The summed E-state index contributed by atoms with van der Waals surface area (Å²) in [5.74, 6) is 2.60. The molecule has 6 nitrogen and oxygen atoms in total. The number of halogens is 2. The molecule has 2 heterocycles. The van der Waals surface area contributed by atoms with Crippen LogP contribution in [0.1, 0.15) is 12.0 Å². The Morgan fingerprint density at radius 2 is 2.11 bits per heavy atom. The van der Waals surface area contributed by atoms with Crippen LogP contribution < -0.4 is 10.1 Å². The molecule has 3 rings (SSSR count). The van der Waals surface area contributed by atoms with E-state index in [4.69, 9.17) is 4.74 Å². The maximum atomic E-state index is 13.9. The minimum absolute atomic E-state index is 0. The number of aliphatic hydroxyl groups is 1. The lowest BCUT2D eigenvalue weighted by molar-refractivity contribution is 0.0711. The van der Waals surface area contributed by atoms with Crippen molar-refractivity contribution in [1.29, 1.82) is 0 Å². The third-order valence-electron chi connectivity index (χ3n) is 5.16. The van der Waals surface area contributed by atoms with Crippen LogP contribution >= 0.6 is 35.7 Å². The van der Waals surface area contributed by atoms with Crippen molar-refractivity contribution in [3.05, 3.63) is 29.6 Å². The number of hydrogen-bond acceptors (Lipinski definition) is 5. The van der Waals surface area contributed by atoms with E-state index in [2.05, 4.69) is 20.1 Å². The van der Waals surface area contributed by atoms with Gasteiger partial charge < -0.3 is 20.1 Å². The first-order valence-electron chi connectivity index (χ1n) is 9.33. The van der Waals surface area contributed by atoms with Gasteiger partial charge in [-0.05, 0) is 29.9 Å². The maximum Gasteiger partial charge on any atom is 0.193 e. The van der Waals surface area contributed by atoms with Crippen LogP contribution in [0.15, 0.2) is 23.2 Å². The fourth-order valence-corrected chi connectivity index (χ4v) is 4.79. The molecule has 2 aliphatic rings. The second-order valence-electron chi connectivity index (χ2n) is 7.16. The van der Waals surface area contributed by atoms with Gasteiger partial charge in [-0.25, -0.2) is 4.39 Å². The molecule has 1 unspecified atom stereocenters. The van der Waals surface area contributed by atoms with Crippen LogP contribution in [0.5, 0.6) is 5.75 Å². The van der Waals surface area contributed by atoms with Crippen LogP contribution in [0, 0.1) is 5.82 Å². The monoisotopic (exact) mass is 524 g/mol. The summed E-state index contributed by atoms with van der Waals surface area (Å²) >= 11 is 1.80. The first-order valence-corrected chi connectivity index (χ1v) is 10.5. The van der Waals surface area contributed by atoms with Crippen molar-refractivity contribution in [2.75, 3.05) is 58.4 Å². The Labute approximate surface area is 187 Å². The van der Waals surface area contributed by atoms with Crippen LogP contribution in [-0.4, -0.2) is 84.9 Å². The average Bonchev–Trinajstić information content (AvgIpc) is 3.10. The van der Waals surface area contributed by atoms with Gasteiger partial charge in [-0.15, -0.1) is 24.0 Å². The van der Waals surface area contributed by atoms with E-state index in [1.54, 1.807) is 30.9 Å². The zero-order chi connectivity index (χ0) is 19.3. The van der Waals surface area contributed by atoms with Crippen LogP contribution in [0.3, 0.4) is 0 Å². The molecule has 2 fully saturated rings. The molecule has 0 aliphatic carbocycles. The lowest BCUT2D eigenvalue weighted by atomic mass is 10.0. The number of guanidine groups is 1. The van der Waals surface area contributed by atoms with Gasteiger partial charge in [-0.3, -0.25) is 9.89 Å². The molecular formula is C19H30FIN4O2S. The first-order chi connectivity index (χ1) is 13.0. The zero-order valence-electron chi connectivity index (χ0n) is 16.5. The largest absolute Gasteiger partial charge is 0.494 e. The van der Waals surface area contributed by atoms with Gasteiger partial charge in [0.05, 0.1) is 12.7 Å². The molecule has 1 aromatic carbocycles. The molecule has 0 saturated carbocycles. The molecule has 1 aromatic rings. The number of thioether (sulfide) groups is 1. The summed E-state index contributed by atoms with van der Waals surface area (Å²) in [6.45, 7) is 4.73. The number of rotatable bonds is 5. The highest BCUT2D eigenvalue weighted by atomic mass is 127. The fraction of sp³-hybridized carbons (Fsp3) is 0.632. The van der Waals surface area contributed by atoms with Gasteiger partial charge in [0.2, 0.25) is 0 Å². The Kier molecular flexibility index (Phi) is 9.10. The topological polar surface area (TPSA) is 60.3 Å². The minimum atomic E-state index is -0.624. The third kappa shape index (κ3) is 6.11. The number of aliphatic imine (C=N–C) groups is 1. The summed E-state index contributed by atoms with van der Waals surface area (Å²) in [4.78, 5) is 8.91. The van der Waals surface area contributed by atoms with Crippen molar-refractivity contribution in [1.82, 2.24) is 15.1 Å². The first kappa shape index (κ1) is 23.5. The van der Waals surface area contributed by atoms with Gasteiger partial charge in [-0.1, -0.05) is 6.07 Å². The van der Waals surface area contributed by atoms with E-state index < -0.39 is 5.60 Å². The molecule has 2 N–H and O–H groups in total. The summed E-state index contributed by atoms with van der Waals surface area (Å²) in [6, 6.07) is 5.14. The Balaban J connectivity index is 0.00000280. The highest BCUT2D eigenvalue weighted by molar-refractivity contribution is 14.0. The van der Waals surface area contributed by atoms with Gasteiger partial charge in [0, 0.05) is 52.1 Å². The Morgan fingerprint density at radius 3 is 2.68 bits per heavy atom. The van der Waals surface area contributed by atoms with Crippen molar-refractivity contribution in [3.8, 4) is 5.75 Å². The molecule has 2 saturated heterocycles. The van der Waals surface area contributed by atoms with E-state index in [0.717, 1.165) is 62.2 Å². The number of nitrogens with one attached hydrogen (secondary N) is 1. The van der Waals surface area contributed by atoms with Gasteiger partial charge in [0.15, 0.2) is 17.5 Å². The lowest BCUT2D eigenvalue weighted by Crippen LogP contribution is -2.54. The molecule has 0 radical (unpaired) electrons. The number of ether oxygens (including phenoxy) is 1. The molecule has 0 bridgehead atoms. The Morgan fingerprint density at radius 1 is 1.36 bits per heavy atom. The SMILES string of the molecule is CN=C(NCC1(O)CCSC1)N1CCN(Cc2ccc(OC)c(F)c2)CC1.I. The average molecular weight is 524 g/mol. The number of piperazine rings is 1. The summed E-state index contributed by atoms with van der Waals surface area (Å²) in [5, 5.41) is 13.8. The highest BCUT2D eigenvalue weighted by Crippen LogP contribution is 2.27. The maximum absolute atomic E-state index is 13.9. The molecule has 28 heavy (non-hydrogen) atoms. The predicted molar refractivity (Wildman–Crippen MR) is 123 cm³/mol. The van der Waals surface area contributed by atoms with E-state index >= 15 is 0 Å². The highest BCUT2D eigenvalue weighted by Gasteiger charge is 2.32. The van der Waals surface area contributed by atoms with E-state index in [1.807, 2.05) is 6.07 Å². The smallest absolute Gasteiger partial charge is 0.193 e. The summed E-state index contributed by atoms with van der Waals surface area (Å²) in [7, 11) is 3.25. The molecule has 0 amide bonds. The van der Waals surface area contributed by atoms with E-state index in [0.29, 0.717) is 6.54 Å². The quantitative estimate of drug-likeness (QED) is 0.349. The van der Waals surface area contributed by atoms with E-state index in [-0.39, 0.29) is 35.5 Å². The van der Waals surface area contributed by atoms with Gasteiger partial charge in [0.25, 0.3) is 0 Å². The van der Waals surface area contributed by atoms with Crippen LogP contribution in [0.4, 0.5) is 4.39 Å². The molecule has 1 atom stereocenters. The summed E-state index contributed by atoms with van der Waals surface area (Å²) < 4.78 is 18.8. The number of benzene rings is 1. The van der Waals surface area contributed by atoms with E-state index in [1.165, 1.54) is 7.11 Å². The van der Waals surface area contributed by atoms with Gasteiger partial charge >= 0.3 is 0 Å². The summed E-state index contributed by atoms with van der Waals surface area (Å²) in [6.07, 6.45) is 0.827. The fourth-order valence-electron chi connectivity index (χ4n) is 3.50. The van der Waals surface area contributed by atoms with Gasteiger partial charge in [-0.2, -0.15) is 11.8 Å². The standard InChI is InChI=1S/C19H29FN4O2S.HI/c1-21-18(22-13-19(25)5-10-27-14-19)24-8-6-23(7-9-24)12-15-3-4-17(26-2)16(20)11-15;/h3-4,11,25H,5-10,12-14H2,1-2H3,(H,21,22);1H. The van der Waals surface area contributed by atoms with Crippen LogP contribution in [0.25, 0.3) is 0 Å². The molecular weight excluding hydrogens is 494 g/mol. The normalized spacial score (nSPS) is 23.4. The van der Waals surface area contributed by atoms with Crippen molar-refractivity contribution in [2.45, 2.75) is 18.6 Å². The van der Waals surface area contributed by atoms with Crippen molar-refractivity contribution < 1.29 is 14.2 Å². The minimum Gasteiger partial charge on any atom is -0.494 e. The van der Waals surface area contributed by atoms with Crippen molar-refractivity contribution in [2.24, 2.45) is 4.99 Å². The molecule has 0 aromatic heterocycles. The number of methoxy groups -OCH3 is 1. The number of hydrogen-bond donors (Lipinski definition) is 2. The Hall–Kier alpha value is -0.780. The molecule has 2 aliphatic heterocycles. The zero-order valence-corrected chi connectivity index (χ0v) is 19.6. The predicted octanol–water partition coefficient (Wildman–Crippen LogP) is 2.01. The van der Waals surface area contributed by atoms with Crippen molar-refractivity contribution >= 4 is 41.7 Å². The van der Waals surface area contributed by atoms with Crippen LogP contribution in [0.2, 0.25) is 0 Å². The molecule has 158 valence electrons. The Bertz CT molecular complexity index is 665. The van der Waals surface area contributed by atoms with E-state index in [9.17, 15) is 9.50 Å². The van der Waals surface area contributed by atoms with Crippen LogP contribution in [-0.2, 0) is 6.54 Å². The van der Waals surface area contributed by atoms with Gasteiger partial charge in [0.1, 0.15) is 0 Å². The third-order valence-corrected chi connectivity index (χ3v) is 6.40. The molecule has 9 heteroatoms. The second-order valence-corrected chi connectivity index (χ2v) is 8.26. The molecule has 0 spiro atoms. The second kappa shape index (κ2) is 10.8. The lowest BCUT2D eigenvalue weighted by Gasteiger charge is -2.37. The summed E-state index contributed by atoms with van der Waals surface area (Å²) in [5.41, 5.74) is 0.325.